The third kappa shape index (κ3) is 8.08. The third-order valence-corrected chi connectivity index (χ3v) is 3.57. The van der Waals surface area contributed by atoms with Gasteiger partial charge in [-0.1, -0.05) is 12.8 Å². The minimum atomic E-state index is 0.282. The van der Waals surface area contributed by atoms with Crippen LogP contribution in [0.3, 0.4) is 0 Å². The Labute approximate surface area is 129 Å². The van der Waals surface area contributed by atoms with Crippen molar-refractivity contribution in [3.63, 3.8) is 0 Å². The summed E-state index contributed by atoms with van der Waals surface area (Å²) in [5.74, 6) is 6.55. The van der Waals surface area contributed by atoms with Crippen LogP contribution in [-0.2, 0) is 9.53 Å². The van der Waals surface area contributed by atoms with Gasteiger partial charge in [-0.2, -0.15) is 0 Å². The highest BCUT2D eigenvalue weighted by atomic mass is 16.5. The molecule has 1 aliphatic rings. The summed E-state index contributed by atoms with van der Waals surface area (Å²) in [7, 11) is 0. The van der Waals surface area contributed by atoms with Crippen LogP contribution < -0.4 is 0 Å². The van der Waals surface area contributed by atoms with Gasteiger partial charge in [0.25, 0.3) is 0 Å². The largest absolute Gasteiger partial charge is 0.379 e. The summed E-state index contributed by atoms with van der Waals surface area (Å²) >= 11 is 0. The van der Waals surface area contributed by atoms with Crippen LogP contribution in [0.25, 0.3) is 0 Å². The van der Waals surface area contributed by atoms with Gasteiger partial charge in [-0.15, -0.1) is 5.92 Å². The van der Waals surface area contributed by atoms with Crippen molar-refractivity contribution < 1.29 is 9.53 Å². The molecule has 0 aromatic heterocycles. The number of piperazine rings is 1. The van der Waals surface area contributed by atoms with Crippen molar-refractivity contribution in [1.82, 2.24) is 9.80 Å². The molecular weight excluding hydrogens is 264 g/mol. The van der Waals surface area contributed by atoms with Crippen LogP contribution in [0.5, 0.6) is 0 Å². The van der Waals surface area contributed by atoms with Crippen LogP contribution in [0.15, 0.2) is 0 Å². The lowest BCUT2D eigenvalue weighted by molar-refractivity contribution is -0.133. The molecule has 0 aromatic carbocycles. The van der Waals surface area contributed by atoms with Crippen molar-refractivity contribution in [1.29, 1.82) is 0 Å². The Morgan fingerprint density at radius 3 is 2.48 bits per heavy atom. The van der Waals surface area contributed by atoms with E-state index in [1.165, 1.54) is 0 Å². The van der Waals surface area contributed by atoms with Crippen LogP contribution in [-0.4, -0.2) is 61.1 Å². The molecule has 1 fully saturated rings. The number of ether oxygens (including phenoxy) is 1. The monoisotopic (exact) mass is 294 g/mol. The van der Waals surface area contributed by atoms with Crippen molar-refractivity contribution >= 4 is 5.91 Å². The number of unbranched alkanes of at least 4 members (excludes halogenated alkanes) is 1. The number of amides is 1. The maximum absolute atomic E-state index is 12.1. The zero-order valence-corrected chi connectivity index (χ0v) is 13.9. The van der Waals surface area contributed by atoms with E-state index in [9.17, 15) is 4.79 Å². The third-order valence-electron chi connectivity index (χ3n) is 3.57. The van der Waals surface area contributed by atoms with Crippen LogP contribution in [0.2, 0.25) is 0 Å². The lowest BCUT2D eigenvalue weighted by atomic mass is 10.2. The van der Waals surface area contributed by atoms with Gasteiger partial charge < -0.3 is 9.64 Å². The van der Waals surface area contributed by atoms with Crippen molar-refractivity contribution in [2.24, 2.45) is 0 Å². The van der Waals surface area contributed by atoms with Gasteiger partial charge >= 0.3 is 0 Å². The molecule has 0 unspecified atom stereocenters. The van der Waals surface area contributed by atoms with Gasteiger partial charge in [0.1, 0.15) is 0 Å². The summed E-state index contributed by atoms with van der Waals surface area (Å²) < 4.78 is 5.49. The van der Waals surface area contributed by atoms with E-state index in [1.54, 1.807) is 0 Å². The Bertz CT molecular complexity index is 350. The first kappa shape index (κ1) is 18.0. The predicted octanol–water partition coefficient (Wildman–Crippen LogP) is 2.14. The molecule has 0 aromatic rings. The second-order valence-electron chi connectivity index (χ2n) is 5.74. The average molecular weight is 294 g/mol. The number of nitrogens with zero attached hydrogens (tertiary/aromatic N) is 2. The molecule has 0 saturated carbocycles. The molecule has 0 atom stereocenters. The molecular formula is C17H30N2O2. The van der Waals surface area contributed by atoms with Gasteiger partial charge in [0.15, 0.2) is 0 Å². The minimum Gasteiger partial charge on any atom is -0.379 e. The van der Waals surface area contributed by atoms with Gasteiger partial charge in [-0.3, -0.25) is 9.69 Å². The van der Waals surface area contributed by atoms with E-state index in [-0.39, 0.29) is 6.10 Å². The number of carbonyl (C=O) groups excluding carboxylic acids is 1. The second kappa shape index (κ2) is 10.6. The van der Waals surface area contributed by atoms with Crippen molar-refractivity contribution in [2.45, 2.75) is 52.6 Å². The van der Waals surface area contributed by atoms with E-state index >= 15 is 0 Å². The maximum Gasteiger partial charge on any atom is 0.222 e. The number of rotatable bonds is 7. The van der Waals surface area contributed by atoms with E-state index < -0.39 is 0 Å². The van der Waals surface area contributed by atoms with Gasteiger partial charge in [-0.05, 0) is 26.7 Å². The van der Waals surface area contributed by atoms with Gasteiger partial charge in [0, 0.05) is 45.6 Å². The summed E-state index contributed by atoms with van der Waals surface area (Å²) in [5, 5.41) is 0. The molecule has 1 rings (SSSR count). The maximum atomic E-state index is 12.1. The van der Waals surface area contributed by atoms with E-state index in [1.807, 2.05) is 18.7 Å². The Morgan fingerprint density at radius 2 is 1.86 bits per heavy atom. The van der Waals surface area contributed by atoms with E-state index in [0.717, 1.165) is 58.6 Å². The van der Waals surface area contributed by atoms with Crippen molar-refractivity contribution in [3.05, 3.63) is 0 Å². The van der Waals surface area contributed by atoms with E-state index in [0.29, 0.717) is 12.3 Å². The smallest absolute Gasteiger partial charge is 0.222 e. The number of hydrogen-bond acceptors (Lipinski definition) is 3. The zero-order chi connectivity index (χ0) is 15.5. The lowest BCUT2D eigenvalue weighted by Crippen LogP contribution is -2.48. The fraction of sp³-hybridized carbons (Fsp3) is 0.824. The molecule has 4 heteroatoms. The molecule has 1 saturated heterocycles. The first-order valence-corrected chi connectivity index (χ1v) is 8.21. The number of hydrogen-bond donors (Lipinski definition) is 0. The first-order chi connectivity index (χ1) is 10.1. The normalized spacial score (nSPS) is 15.9. The molecule has 120 valence electrons. The summed E-state index contributed by atoms with van der Waals surface area (Å²) in [6, 6.07) is 0. The molecule has 0 N–H and O–H groups in total. The Kier molecular flexibility index (Phi) is 9.12. The summed E-state index contributed by atoms with van der Waals surface area (Å²) in [6.45, 7) is 11.3. The predicted molar refractivity (Wildman–Crippen MR) is 86.0 cm³/mol. The SMILES string of the molecule is CCC#CCN1CCN(C(=O)CCCCOC(C)C)CC1. The van der Waals surface area contributed by atoms with Crippen LogP contribution in [0.4, 0.5) is 0 Å². The quantitative estimate of drug-likeness (QED) is 0.533. The van der Waals surface area contributed by atoms with Gasteiger partial charge in [0.05, 0.1) is 12.6 Å². The molecule has 1 heterocycles. The fourth-order valence-electron chi connectivity index (χ4n) is 2.30. The number of carbonyl (C=O) groups is 1. The molecule has 0 bridgehead atoms. The van der Waals surface area contributed by atoms with Gasteiger partial charge in [-0.25, -0.2) is 0 Å². The topological polar surface area (TPSA) is 32.8 Å². The van der Waals surface area contributed by atoms with Crippen molar-refractivity contribution in [2.75, 3.05) is 39.3 Å². The van der Waals surface area contributed by atoms with Crippen LogP contribution in [0, 0.1) is 11.8 Å². The highest BCUT2D eigenvalue weighted by molar-refractivity contribution is 5.76. The lowest BCUT2D eigenvalue weighted by Gasteiger charge is -2.33. The highest BCUT2D eigenvalue weighted by Gasteiger charge is 2.19. The van der Waals surface area contributed by atoms with E-state index in [4.69, 9.17) is 4.74 Å². The summed E-state index contributed by atoms with van der Waals surface area (Å²) in [5.41, 5.74) is 0. The Morgan fingerprint density at radius 1 is 1.14 bits per heavy atom. The van der Waals surface area contributed by atoms with E-state index in [2.05, 4.69) is 23.7 Å². The molecule has 1 amide bonds. The Balaban J connectivity index is 2.11. The summed E-state index contributed by atoms with van der Waals surface area (Å²) in [4.78, 5) is 16.4. The minimum absolute atomic E-state index is 0.282. The standard InChI is InChI=1S/C17H30N2O2/c1-4-5-7-10-18-11-13-19(14-12-18)17(20)9-6-8-15-21-16(2)3/h16H,4,6,8-15H2,1-3H3. The Hall–Kier alpha value is -1.05. The average Bonchev–Trinajstić information content (AvgIpc) is 2.47. The second-order valence-corrected chi connectivity index (χ2v) is 5.74. The highest BCUT2D eigenvalue weighted by Crippen LogP contribution is 2.06. The molecule has 0 aliphatic carbocycles. The van der Waals surface area contributed by atoms with Crippen molar-refractivity contribution in [3.8, 4) is 11.8 Å². The molecule has 0 spiro atoms. The molecule has 4 nitrogen and oxygen atoms in total. The van der Waals surface area contributed by atoms with Crippen LogP contribution >= 0.6 is 0 Å². The molecule has 21 heavy (non-hydrogen) atoms. The first-order valence-electron chi connectivity index (χ1n) is 8.21. The fourth-order valence-corrected chi connectivity index (χ4v) is 2.30. The zero-order valence-electron chi connectivity index (χ0n) is 13.9. The van der Waals surface area contributed by atoms with Gasteiger partial charge in [0.2, 0.25) is 5.91 Å². The molecule has 0 radical (unpaired) electrons. The summed E-state index contributed by atoms with van der Waals surface area (Å²) in [6.07, 6.45) is 3.74. The molecule has 1 aliphatic heterocycles. The van der Waals surface area contributed by atoms with Crippen LogP contribution in [0.1, 0.15) is 46.5 Å².